The quantitative estimate of drug-likeness (QED) is 0.738. The van der Waals surface area contributed by atoms with E-state index in [1.165, 1.54) is 33.4 Å². The Kier molecular flexibility index (Phi) is 4.85. The van der Waals surface area contributed by atoms with Gasteiger partial charge in [0.15, 0.2) is 0 Å². The Bertz CT molecular complexity index is 421. The van der Waals surface area contributed by atoms with Gasteiger partial charge in [-0.15, -0.1) is 4.52 Å². The second kappa shape index (κ2) is 5.75. The summed E-state index contributed by atoms with van der Waals surface area (Å²) in [6.07, 6.45) is 0.531. The summed E-state index contributed by atoms with van der Waals surface area (Å²) in [6, 6.07) is 0. The van der Waals surface area contributed by atoms with Crippen molar-refractivity contribution in [2.75, 3.05) is 6.61 Å². The predicted molar refractivity (Wildman–Crippen MR) is 73.1 cm³/mol. The normalized spacial score (nSPS) is 11.8. The van der Waals surface area contributed by atoms with Crippen LogP contribution >= 0.6 is 8.03 Å². The van der Waals surface area contributed by atoms with Crippen LogP contribution < -0.4 is 0 Å². The zero-order chi connectivity index (χ0) is 13.2. The maximum Gasteiger partial charge on any atom is 0.512 e. The molecule has 1 atom stereocenters. The molecule has 0 fully saturated rings. The highest BCUT2D eigenvalue weighted by Gasteiger charge is 2.22. The standard InChI is InChI=1S/C14H22O2P/c1-7-16-17(15)8-14-12(5)10(3)9(2)11(4)13(14)6/h7-8H2,1-6H3/q+1. The zero-order valence-corrected chi connectivity index (χ0v) is 12.6. The summed E-state index contributed by atoms with van der Waals surface area (Å²) < 4.78 is 16.9. The van der Waals surface area contributed by atoms with E-state index in [-0.39, 0.29) is 0 Å². The maximum atomic E-state index is 11.8. The number of benzene rings is 1. The Hall–Kier alpha value is -0.720. The molecule has 0 aliphatic heterocycles. The van der Waals surface area contributed by atoms with Gasteiger partial charge in [-0.1, -0.05) is 0 Å². The van der Waals surface area contributed by atoms with Crippen LogP contribution in [0.5, 0.6) is 0 Å². The van der Waals surface area contributed by atoms with Crippen LogP contribution in [0.1, 0.15) is 40.3 Å². The largest absolute Gasteiger partial charge is 0.512 e. The lowest BCUT2D eigenvalue weighted by Gasteiger charge is -2.15. The minimum absolute atomic E-state index is 0.511. The molecular weight excluding hydrogens is 231 g/mol. The Balaban J connectivity index is 3.20. The topological polar surface area (TPSA) is 26.3 Å². The summed E-state index contributed by atoms with van der Waals surface area (Å²) in [5.41, 5.74) is 7.67. The number of rotatable bonds is 4. The smallest absolute Gasteiger partial charge is 0.146 e. The molecule has 0 aromatic heterocycles. The third kappa shape index (κ3) is 2.94. The van der Waals surface area contributed by atoms with Crippen LogP contribution in [-0.2, 0) is 15.3 Å². The first kappa shape index (κ1) is 14.3. The van der Waals surface area contributed by atoms with Crippen molar-refractivity contribution in [3.8, 4) is 0 Å². The van der Waals surface area contributed by atoms with E-state index in [1.807, 2.05) is 6.92 Å². The maximum absolute atomic E-state index is 11.8. The lowest BCUT2D eigenvalue weighted by molar-refractivity contribution is 0.349. The Morgan fingerprint density at radius 3 is 1.71 bits per heavy atom. The molecule has 17 heavy (non-hydrogen) atoms. The third-order valence-corrected chi connectivity index (χ3v) is 4.84. The molecule has 0 aliphatic carbocycles. The first-order chi connectivity index (χ1) is 7.90. The molecule has 0 bridgehead atoms. The molecule has 0 N–H and O–H groups in total. The molecule has 2 nitrogen and oxygen atoms in total. The molecule has 0 radical (unpaired) electrons. The molecular formula is C14H22O2P+. The van der Waals surface area contributed by atoms with Crippen LogP contribution in [-0.4, -0.2) is 6.61 Å². The van der Waals surface area contributed by atoms with Gasteiger partial charge in [-0.05, 0) is 73.9 Å². The van der Waals surface area contributed by atoms with E-state index < -0.39 is 8.03 Å². The number of hydrogen-bond acceptors (Lipinski definition) is 2. The van der Waals surface area contributed by atoms with Crippen LogP contribution in [0.3, 0.4) is 0 Å². The molecule has 0 aliphatic rings. The molecule has 1 rings (SSSR count). The molecule has 0 amide bonds. The Labute approximate surface area is 105 Å². The lowest BCUT2D eigenvalue weighted by Crippen LogP contribution is -2.02. The third-order valence-electron chi connectivity index (χ3n) is 3.72. The molecule has 1 unspecified atom stereocenters. The minimum atomic E-state index is -1.57. The van der Waals surface area contributed by atoms with Gasteiger partial charge in [0.05, 0.1) is 6.61 Å². The first-order valence-corrected chi connectivity index (χ1v) is 7.39. The first-order valence-electron chi connectivity index (χ1n) is 6.03. The van der Waals surface area contributed by atoms with E-state index in [4.69, 9.17) is 4.52 Å². The van der Waals surface area contributed by atoms with Gasteiger partial charge in [0.1, 0.15) is 0 Å². The summed E-state index contributed by atoms with van der Waals surface area (Å²) in [7, 11) is -1.57. The summed E-state index contributed by atoms with van der Waals surface area (Å²) in [4.78, 5) is 0. The van der Waals surface area contributed by atoms with E-state index in [9.17, 15) is 4.57 Å². The van der Waals surface area contributed by atoms with Gasteiger partial charge in [0.25, 0.3) is 0 Å². The summed E-state index contributed by atoms with van der Waals surface area (Å²) >= 11 is 0. The number of hydrogen-bond donors (Lipinski definition) is 0. The van der Waals surface area contributed by atoms with E-state index in [0.29, 0.717) is 12.8 Å². The fourth-order valence-electron chi connectivity index (χ4n) is 2.13. The minimum Gasteiger partial charge on any atom is -0.146 e. The molecule has 0 saturated heterocycles. The average Bonchev–Trinajstić information content (AvgIpc) is 2.30. The summed E-state index contributed by atoms with van der Waals surface area (Å²) in [5, 5.41) is 0. The highest BCUT2D eigenvalue weighted by molar-refractivity contribution is 7.38. The van der Waals surface area contributed by atoms with Gasteiger partial charge >= 0.3 is 8.03 Å². The Morgan fingerprint density at radius 2 is 1.29 bits per heavy atom. The molecule has 1 aromatic carbocycles. The molecule has 0 heterocycles. The van der Waals surface area contributed by atoms with Crippen LogP contribution in [0.2, 0.25) is 0 Å². The van der Waals surface area contributed by atoms with E-state index in [2.05, 4.69) is 34.6 Å². The zero-order valence-electron chi connectivity index (χ0n) is 11.7. The van der Waals surface area contributed by atoms with Crippen LogP contribution in [0.4, 0.5) is 0 Å². The van der Waals surface area contributed by atoms with Gasteiger partial charge in [-0.2, -0.15) is 0 Å². The molecule has 1 aromatic rings. The van der Waals surface area contributed by atoms with Crippen molar-refractivity contribution in [3.63, 3.8) is 0 Å². The van der Waals surface area contributed by atoms with Crippen molar-refractivity contribution in [2.24, 2.45) is 0 Å². The molecule has 0 saturated carbocycles. The fourth-order valence-corrected chi connectivity index (χ4v) is 3.25. The van der Waals surface area contributed by atoms with Crippen molar-refractivity contribution < 1.29 is 9.09 Å². The van der Waals surface area contributed by atoms with Gasteiger partial charge in [-0.25, -0.2) is 0 Å². The van der Waals surface area contributed by atoms with Crippen molar-refractivity contribution >= 4 is 8.03 Å². The van der Waals surface area contributed by atoms with Gasteiger partial charge in [0.2, 0.25) is 6.16 Å². The van der Waals surface area contributed by atoms with Gasteiger partial charge in [-0.3, -0.25) is 0 Å². The monoisotopic (exact) mass is 253 g/mol. The second-order valence-corrected chi connectivity index (χ2v) is 5.75. The van der Waals surface area contributed by atoms with Gasteiger partial charge < -0.3 is 0 Å². The predicted octanol–water partition coefficient (Wildman–Crippen LogP) is 4.51. The Morgan fingerprint density at radius 1 is 0.882 bits per heavy atom. The second-order valence-electron chi connectivity index (χ2n) is 4.51. The van der Waals surface area contributed by atoms with Crippen molar-refractivity contribution in [1.82, 2.24) is 0 Å². The van der Waals surface area contributed by atoms with Crippen LogP contribution in [0.15, 0.2) is 0 Å². The molecule has 0 spiro atoms. The fraction of sp³-hybridized carbons (Fsp3) is 0.571. The summed E-state index contributed by atoms with van der Waals surface area (Å²) in [6.45, 7) is 13.0. The summed E-state index contributed by atoms with van der Waals surface area (Å²) in [5.74, 6) is 0. The SMILES string of the molecule is CCO[P+](=O)Cc1c(C)c(C)c(C)c(C)c1C. The highest BCUT2D eigenvalue weighted by Crippen LogP contribution is 2.34. The molecule has 3 heteroatoms. The van der Waals surface area contributed by atoms with Crippen molar-refractivity contribution in [2.45, 2.75) is 47.7 Å². The van der Waals surface area contributed by atoms with Crippen LogP contribution in [0.25, 0.3) is 0 Å². The van der Waals surface area contributed by atoms with Crippen molar-refractivity contribution in [3.05, 3.63) is 33.4 Å². The lowest BCUT2D eigenvalue weighted by atomic mass is 9.90. The van der Waals surface area contributed by atoms with E-state index in [0.717, 1.165) is 0 Å². The van der Waals surface area contributed by atoms with Crippen molar-refractivity contribution in [1.29, 1.82) is 0 Å². The molecule has 94 valence electrons. The van der Waals surface area contributed by atoms with Crippen LogP contribution in [0, 0.1) is 34.6 Å². The highest BCUT2D eigenvalue weighted by atomic mass is 31.1. The average molecular weight is 253 g/mol. The van der Waals surface area contributed by atoms with E-state index >= 15 is 0 Å². The van der Waals surface area contributed by atoms with Gasteiger partial charge in [0, 0.05) is 5.56 Å². The van der Waals surface area contributed by atoms with E-state index in [1.54, 1.807) is 0 Å².